The van der Waals surface area contributed by atoms with Gasteiger partial charge in [0.15, 0.2) is 0 Å². The highest BCUT2D eigenvalue weighted by atomic mass is 32.2. The van der Waals surface area contributed by atoms with E-state index in [1.54, 1.807) is 23.9 Å². The van der Waals surface area contributed by atoms with E-state index in [1.165, 1.54) is 4.90 Å². The molecule has 0 aliphatic heterocycles. The lowest BCUT2D eigenvalue weighted by molar-refractivity contribution is 0.306. The van der Waals surface area contributed by atoms with Crippen molar-refractivity contribution in [3.05, 3.63) is 48.0 Å². The van der Waals surface area contributed by atoms with Crippen molar-refractivity contribution in [2.75, 3.05) is 17.7 Å². The zero-order valence-corrected chi connectivity index (χ0v) is 11.0. The molecule has 0 aromatic heterocycles. The SMILES string of the molecule is CSc1ccc(COc2ccc(N)c(N)c2)cc1. The van der Waals surface area contributed by atoms with Gasteiger partial charge in [0.1, 0.15) is 12.4 Å². The molecule has 0 aliphatic rings. The highest BCUT2D eigenvalue weighted by Crippen LogP contribution is 2.22. The van der Waals surface area contributed by atoms with Gasteiger partial charge in [0.05, 0.1) is 11.4 Å². The molecule has 0 aliphatic carbocycles. The van der Waals surface area contributed by atoms with Gasteiger partial charge in [-0.2, -0.15) is 0 Å². The molecule has 4 N–H and O–H groups in total. The van der Waals surface area contributed by atoms with Crippen LogP contribution in [0.2, 0.25) is 0 Å². The van der Waals surface area contributed by atoms with E-state index in [1.807, 2.05) is 6.07 Å². The third-order valence-electron chi connectivity index (χ3n) is 2.62. The van der Waals surface area contributed by atoms with Crippen molar-refractivity contribution in [3.63, 3.8) is 0 Å². The maximum absolute atomic E-state index is 5.72. The fraction of sp³-hybridized carbons (Fsp3) is 0.143. The highest BCUT2D eigenvalue weighted by Gasteiger charge is 1.99. The third-order valence-corrected chi connectivity index (χ3v) is 3.37. The van der Waals surface area contributed by atoms with Crippen molar-refractivity contribution in [2.45, 2.75) is 11.5 Å². The monoisotopic (exact) mass is 260 g/mol. The summed E-state index contributed by atoms with van der Waals surface area (Å²) in [5, 5.41) is 0. The molecule has 0 spiro atoms. The van der Waals surface area contributed by atoms with E-state index in [4.69, 9.17) is 16.2 Å². The van der Waals surface area contributed by atoms with Gasteiger partial charge in [-0.05, 0) is 36.1 Å². The van der Waals surface area contributed by atoms with Gasteiger partial charge in [-0.25, -0.2) is 0 Å². The minimum Gasteiger partial charge on any atom is -0.489 e. The molecule has 0 atom stereocenters. The summed E-state index contributed by atoms with van der Waals surface area (Å²) in [4.78, 5) is 1.25. The van der Waals surface area contributed by atoms with Crippen LogP contribution in [0.5, 0.6) is 5.75 Å². The Morgan fingerprint density at radius 2 is 1.72 bits per heavy atom. The van der Waals surface area contributed by atoms with Crippen molar-refractivity contribution in [1.29, 1.82) is 0 Å². The summed E-state index contributed by atoms with van der Waals surface area (Å²) in [6.07, 6.45) is 2.06. The Labute approximate surface area is 111 Å². The van der Waals surface area contributed by atoms with E-state index in [2.05, 4.69) is 30.5 Å². The van der Waals surface area contributed by atoms with Crippen LogP contribution in [0.4, 0.5) is 11.4 Å². The van der Waals surface area contributed by atoms with Crippen LogP contribution in [0.3, 0.4) is 0 Å². The van der Waals surface area contributed by atoms with E-state index in [0.29, 0.717) is 18.0 Å². The summed E-state index contributed by atoms with van der Waals surface area (Å²) < 4.78 is 5.66. The van der Waals surface area contributed by atoms with Crippen LogP contribution >= 0.6 is 11.8 Å². The average Bonchev–Trinajstić information content (AvgIpc) is 2.41. The van der Waals surface area contributed by atoms with Crippen molar-refractivity contribution >= 4 is 23.1 Å². The minimum absolute atomic E-state index is 0.526. The predicted molar refractivity (Wildman–Crippen MR) is 77.8 cm³/mol. The van der Waals surface area contributed by atoms with Gasteiger partial charge in [0.2, 0.25) is 0 Å². The van der Waals surface area contributed by atoms with Crippen LogP contribution in [0.25, 0.3) is 0 Å². The standard InChI is InChI=1S/C14H16N2OS/c1-18-12-5-2-10(3-6-12)9-17-11-4-7-13(15)14(16)8-11/h2-8H,9,15-16H2,1H3. The summed E-state index contributed by atoms with van der Waals surface area (Å²) in [6.45, 7) is 0.526. The van der Waals surface area contributed by atoms with Crippen LogP contribution in [0.15, 0.2) is 47.4 Å². The van der Waals surface area contributed by atoms with Crippen LogP contribution in [-0.4, -0.2) is 6.26 Å². The number of nitrogen functional groups attached to an aromatic ring is 2. The fourth-order valence-corrected chi connectivity index (χ4v) is 1.94. The number of thioether (sulfide) groups is 1. The van der Waals surface area contributed by atoms with Gasteiger partial charge in [0.25, 0.3) is 0 Å². The summed E-state index contributed by atoms with van der Waals surface area (Å²) in [5.74, 6) is 0.732. The topological polar surface area (TPSA) is 61.3 Å². The number of anilines is 2. The Bertz CT molecular complexity index is 526. The molecular weight excluding hydrogens is 244 g/mol. The lowest BCUT2D eigenvalue weighted by Gasteiger charge is -2.08. The van der Waals surface area contributed by atoms with Gasteiger partial charge >= 0.3 is 0 Å². The average molecular weight is 260 g/mol. The zero-order valence-electron chi connectivity index (χ0n) is 10.2. The molecule has 2 rings (SSSR count). The summed E-state index contributed by atoms with van der Waals surface area (Å²) >= 11 is 1.72. The Balaban J connectivity index is 1.99. The highest BCUT2D eigenvalue weighted by molar-refractivity contribution is 7.98. The molecule has 0 heterocycles. The van der Waals surface area contributed by atoms with Crippen LogP contribution < -0.4 is 16.2 Å². The Hall–Kier alpha value is -1.81. The van der Waals surface area contributed by atoms with Crippen molar-refractivity contribution in [2.24, 2.45) is 0 Å². The van der Waals surface area contributed by atoms with Crippen LogP contribution in [-0.2, 0) is 6.61 Å². The Kier molecular flexibility index (Phi) is 3.99. The number of benzene rings is 2. The number of ether oxygens (including phenoxy) is 1. The van der Waals surface area contributed by atoms with Crippen molar-refractivity contribution < 1.29 is 4.74 Å². The maximum Gasteiger partial charge on any atom is 0.122 e. The molecule has 0 saturated carbocycles. The molecule has 0 amide bonds. The second-order valence-corrected chi connectivity index (χ2v) is 4.81. The van der Waals surface area contributed by atoms with Crippen molar-refractivity contribution in [1.82, 2.24) is 0 Å². The molecule has 3 nitrogen and oxygen atoms in total. The summed E-state index contributed by atoms with van der Waals surface area (Å²) in [6, 6.07) is 13.6. The van der Waals surface area contributed by atoms with Gasteiger partial charge in [-0.15, -0.1) is 11.8 Å². The number of nitrogens with two attached hydrogens (primary N) is 2. The molecule has 4 heteroatoms. The van der Waals surface area contributed by atoms with Crippen LogP contribution in [0.1, 0.15) is 5.56 Å². The van der Waals surface area contributed by atoms with E-state index in [9.17, 15) is 0 Å². The van der Waals surface area contributed by atoms with E-state index >= 15 is 0 Å². The molecular formula is C14H16N2OS. The zero-order chi connectivity index (χ0) is 13.0. The molecule has 0 saturated heterocycles. The first kappa shape index (κ1) is 12.6. The number of rotatable bonds is 4. The predicted octanol–water partition coefficient (Wildman–Crippen LogP) is 3.15. The molecule has 0 bridgehead atoms. The summed E-state index contributed by atoms with van der Waals surface area (Å²) in [7, 11) is 0. The van der Waals surface area contributed by atoms with Gasteiger partial charge in [0, 0.05) is 11.0 Å². The van der Waals surface area contributed by atoms with Gasteiger partial charge in [-0.1, -0.05) is 12.1 Å². The second kappa shape index (κ2) is 5.69. The van der Waals surface area contributed by atoms with E-state index in [0.717, 1.165) is 11.3 Å². The largest absolute Gasteiger partial charge is 0.489 e. The normalized spacial score (nSPS) is 10.3. The molecule has 2 aromatic rings. The third kappa shape index (κ3) is 3.11. The Morgan fingerprint density at radius 3 is 2.33 bits per heavy atom. The van der Waals surface area contributed by atoms with E-state index in [-0.39, 0.29) is 0 Å². The van der Waals surface area contributed by atoms with Crippen molar-refractivity contribution in [3.8, 4) is 5.75 Å². The number of hydrogen-bond donors (Lipinski definition) is 2. The lowest BCUT2D eigenvalue weighted by Crippen LogP contribution is -1.98. The van der Waals surface area contributed by atoms with Gasteiger partial charge in [-0.3, -0.25) is 0 Å². The molecule has 0 radical (unpaired) electrons. The smallest absolute Gasteiger partial charge is 0.122 e. The van der Waals surface area contributed by atoms with Crippen LogP contribution in [0, 0.1) is 0 Å². The van der Waals surface area contributed by atoms with E-state index < -0.39 is 0 Å². The van der Waals surface area contributed by atoms with Gasteiger partial charge < -0.3 is 16.2 Å². The summed E-state index contributed by atoms with van der Waals surface area (Å²) in [5.41, 5.74) is 13.6. The molecule has 94 valence electrons. The quantitative estimate of drug-likeness (QED) is 0.655. The first-order chi connectivity index (χ1) is 8.69. The molecule has 0 unspecified atom stereocenters. The maximum atomic E-state index is 5.72. The lowest BCUT2D eigenvalue weighted by atomic mass is 10.2. The first-order valence-electron chi connectivity index (χ1n) is 5.60. The minimum atomic E-state index is 0.526. The molecule has 2 aromatic carbocycles. The molecule has 0 fully saturated rings. The Morgan fingerprint density at radius 1 is 1.00 bits per heavy atom. The fourth-order valence-electron chi connectivity index (χ4n) is 1.53. The molecule has 18 heavy (non-hydrogen) atoms. The first-order valence-corrected chi connectivity index (χ1v) is 6.82. The second-order valence-electron chi connectivity index (χ2n) is 3.93. The number of hydrogen-bond acceptors (Lipinski definition) is 4.